The third-order valence-corrected chi connectivity index (χ3v) is 3.58. The number of rotatable bonds is 7. The zero-order valence-corrected chi connectivity index (χ0v) is 14.0. The molecule has 0 aliphatic heterocycles. The van der Waals surface area contributed by atoms with Gasteiger partial charge < -0.3 is 10.1 Å². The summed E-state index contributed by atoms with van der Waals surface area (Å²) in [6, 6.07) is 4.72. The SMILES string of the molecule is CSCCOc1c(C)cc(Br)cc1CNC(C)C. The predicted molar refractivity (Wildman–Crippen MR) is 84.7 cm³/mol. The molecular formula is C14H22BrNOS. The maximum absolute atomic E-state index is 5.91. The normalized spacial score (nSPS) is 11.0. The monoisotopic (exact) mass is 331 g/mol. The Morgan fingerprint density at radius 2 is 2.11 bits per heavy atom. The molecule has 0 atom stereocenters. The van der Waals surface area contributed by atoms with Crippen LogP contribution in [0.5, 0.6) is 5.75 Å². The Balaban J connectivity index is 2.83. The van der Waals surface area contributed by atoms with Gasteiger partial charge in [-0.1, -0.05) is 29.8 Å². The molecule has 0 bridgehead atoms. The van der Waals surface area contributed by atoms with Crippen molar-refractivity contribution >= 4 is 27.7 Å². The van der Waals surface area contributed by atoms with Gasteiger partial charge >= 0.3 is 0 Å². The van der Waals surface area contributed by atoms with Crippen molar-refractivity contribution in [1.82, 2.24) is 5.32 Å². The second kappa shape index (κ2) is 8.08. The van der Waals surface area contributed by atoms with Crippen molar-refractivity contribution in [3.63, 3.8) is 0 Å². The summed E-state index contributed by atoms with van der Waals surface area (Å²) < 4.78 is 7.02. The lowest BCUT2D eigenvalue weighted by molar-refractivity contribution is 0.336. The molecule has 0 aromatic heterocycles. The summed E-state index contributed by atoms with van der Waals surface area (Å²) >= 11 is 5.35. The minimum absolute atomic E-state index is 0.475. The highest BCUT2D eigenvalue weighted by Crippen LogP contribution is 2.28. The first-order chi connectivity index (χ1) is 8.54. The Hall–Kier alpha value is -0.190. The van der Waals surface area contributed by atoms with Gasteiger partial charge in [0.25, 0.3) is 0 Å². The number of hydrogen-bond donors (Lipinski definition) is 1. The van der Waals surface area contributed by atoms with Crippen molar-refractivity contribution in [2.75, 3.05) is 18.6 Å². The van der Waals surface area contributed by atoms with Crippen LogP contribution in [0.15, 0.2) is 16.6 Å². The molecule has 4 heteroatoms. The van der Waals surface area contributed by atoms with E-state index >= 15 is 0 Å². The van der Waals surface area contributed by atoms with Crippen LogP contribution >= 0.6 is 27.7 Å². The van der Waals surface area contributed by atoms with Gasteiger partial charge in [-0.2, -0.15) is 11.8 Å². The van der Waals surface area contributed by atoms with Crippen LogP contribution < -0.4 is 10.1 Å². The maximum Gasteiger partial charge on any atom is 0.126 e. The molecule has 102 valence electrons. The minimum Gasteiger partial charge on any atom is -0.492 e. The molecule has 0 saturated carbocycles. The van der Waals surface area contributed by atoms with Crippen LogP contribution in [0.1, 0.15) is 25.0 Å². The van der Waals surface area contributed by atoms with Gasteiger partial charge in [0.1, 0.15) is 5.75 Å². The Labute approximate surface area is 123 Å². The molecule has 0 aliphatic carbocycles. The summed E-state index contributed by atoms with van der Waals surface area (Å²) in [7, 11) is 0. The van der Waals surface area contributed by atoms with E-state index < -0.39 is 0 Å². The molecule has 0 radical (unpaired) electrons. The van der Waals surface area contributed by atoms with Gasteiger partial charge in [-0.25, -0.2) is 0 Å². The molecule has 0 amide bonds. The fraction of sp³-hybridized carbons (Fsp3) is 0.571. The summed E-state index contributed by atoms with van der Waals surface area (Å²) in [6.45, 7) is 8.00. The van der Waals surface area contributed by atoms with E-state index in [0.29, 0.717) is 6.04 Å². The van der Waals surface area contributed by atoms with Gasteiger partial charge in [0.2, 0.25) is 0 Å². The van der Waals surface area contributed by atoms with Crippen LogP contribution in [0.4, 0.5) is 0 Å². The molecule has 0 saturated heterocycles. The van der Waals surface area contributed by atoms with Gasteiger partial charge in [0.05, 0.1) is 6.61 Å². The second-order valence-corrected chi connectivity index (χ2v) is 6.49. The fourth-order valence-corrected chi connectivity index (χ4v) is 2.55. The molecule has 0 spiro atoms. The summed E-state index contributed by atoms with van der Waals surface area (Å²) in [6.07, 6.45) is 2.10. The standard InChI is InChI=1S/C14H22BrNOS/c1-10(2)16-9-12-8-13(15)7-11(3)14(12)17-5-6-18-4/h7-8,10,16H,5-6,9H2,1-4H3. The lowest BCUT2D eigenvalue weighted by Crippen LogP contribution is -2.22. The molecule has 1 N–H and O–H groups in total. The highest BCUT2D eigenvalue weighted by atomic mass is 79.9. The molecule has 0 heterocycles. The smallest absolute Gasteiger partial charge is 0.126 e. The molecule has 18 heavy (non-hydrogen) atoms. The summed E-state index contributed by atoms with van der Waals surface area (Å²) in [5, 5.41) is 3.44. The number of nitrogens with one attached hydrogen (secondary N) is 1. The van der Waals surface area contributed by atoms with Crippen molar-refractivity contribution < 1.29 is 4.74 Å². The van der Waals surface area contributed by atoms with E-state index in [2.05, 4.69) is 60.4 Å². The first-order valence-electron chi connectivity index (χ1n) is 6.18. The molecule has 0 fully saturated rings. The molecule has 0 unspecified atom stereocenters. The number of aryl methyl sites for hydroxylation is 1. The first kappa shape index (κ1) is 15.9. The largest absolute Gasteiger partial charge is 0.492 e. The Bertz CT molecular complexity index is 382. The van der Waals surface area contributed by atoms with Crippen molar-refractivity contribution in [2.45, 2.75) is 33.4 Å². The topological polar surface area (TPSA) is 21.3 Å². The van der Waals surface area contributed by atoms with Crippen LogP contribution in [0.25, 0.3) is 0 Å². The fourth-order valence-electron chi connectivity index (χ4n) is 1.68. The molecule has 0 aliphatic rings. The van der Waals surface area contributed by atoms with Crippen LogP contribution in [0.3, 0.4) is 0 Å². The third kappa shape index (κ3) is 5.21. The lowest BCUT2D eigenvalue weighted by atomic mass is 10.1. The number of hydrogen-bond acceptors (Lipinski definition) is 3. The van der Waals surface area contributed by atoms with E-state index in [1.165, 1.54) is 11.1 Å². The quantitative estimate of drug-likeness (QED) is 0.763. The Morgan fingerprint density at radius 1 is 1.39 bits per heavy atom. The van der Waals surface area contributed by atoms with E-state index in [1.807, 2.05) is 0 Å². The molecular weight excluding hydrogens is 310 g/mol. The van der Waals surface area contributed by atoms with Crippen LogP contribution in [0.2, 0.25) is 0 Å². The van der Waals surface area contributed by atoms with E-state index in [-0.39, 0.29) is 0 Å². The lowest BCUT2D eigenvalue weighted by Gasteiger charge is -2.16. The van der Waals surface area contributed by atoms with Gasteiger partial charge in [0, 0.05) is 28.4 Å². The van der Waals surface area contributed by atoms with Gasteiger partial charge in [0.15, 0.2) is 0 Å². The number of halogens is 1. The summed E-state index contributed by atoms with van der Waals surface area (Å²) in [5.74, 6) is 2.05. The first-order valence-corrected chi connectivity index (χ1v) is 8.37. The highest BCUT2D eigenvalue weighted by molar-refractivity contribution is 9.10. The number of thioether (sulfide) groups is 1. The molecule has 1 rings (SSSR count). The van der Waals surface area contributed by atoms with Crippen LogP contribution in [-0.2, 0) is 6.54 Å². The number of ether oxygens (including phenoxy) is 1. The minimum atomic E-state index is 0.475. The summed E-state index contributed by atoms with van der Waals surface area (Å²) in [5.41, 5.74) is 2.41. The maximum atomic E-state index is 5.91. The average Bonchev–Trinajstić information content (AvgIpc) is 2.29. The molecule has 1 aromatic carbocycles. The second-order valence-electron chi connectivity index (χ2n) is 4.59. The van der Waals surface area contributed by atoms with E-state index in [9.17, 15) is 0 Å². The Morgan fingerprint density at radius 3 is 2.72 bits per heavy atom. The third-order valence-electron chi connectivity index (χ3n) is 2.55. The zero-order chi connectivity index (χ0) is 13.5. The van der Waals surface area contributed by atoms with Crippen LogP contribution in [0, 0.1) is 6.92 Å². The van der Waals surface area contributed by atoms with Crippen molar-refractivity contribution in [1.29, 1.82) is 0 Å². The van der Waals surface area contributed by atoms with Gasteiger partial charge in [-0.15, -0.1) is 0 Å². The summed E-state index contributed by atoms with van der Waals surface area (Å²) in [4.78, 5) is 0. The van der Waals surface area contributed by atoms with Crippen molar-refractivity contribution in [2.24, 2.45) is 0 Å². The number of benzene rings is 1. The van der Waals surface area contributed by atoms with Gasteiger partial charge in [-0.05, 0) is 30.9 Å². The highest BCUT2D eigenvalue weighted by Gasteiger charge is 2.09. The van der Waals surface area contributed by atoms with Crippen LogP contribution in [-0.4, -0.2) is 24.7 Å². The van der Waals surface area contributed by atoms with E-state index in [0.717, 1.165) is 29.1 Å². The predicted octanol–water partition coefficient (Wildman–Crippen LogP) is 4.00. The van der Waals surface area contributed by atoms with E-state index in [4.69, 9.17) is 4.74 Å². The zero-order valence-electron chi connectivity index (χ0n) is 11.5. The molecule has 2 nitrogen and oxygen atoms in total. The van der Waals surface area contributed by atoms with Crippen molar-refractivity contribution in [3.8, 4) is 5.75 Å². The van der Waals surface area contributed by atoms with Gasteiger partial charge in [-0.3, -0.25) is 0 Å². The molecule has 1 aromatic rings. The average molecular weight is 332 g/mol. The van der Waals surface area contributed by atoms with E-state index in [1.54, 1.807) is 11.8 Å². The van der Waals surface area contributed by atoms with Crippen molar-refractivity contribution in [3.05, 3.63) is 27.7 Å². The Kier molecular flexibility index (Phi) is 7.12.